The second-order valence-electron chi connectivity index (χ2n) is 7.57. The quantitative estimate of drug-likeness (QED) is 0.598. The van der Waals surface area contributed by atoms with E-state index in [1.165, 1.54) is 0 Å². The molecule has 0 unspecified atom stereocenters. The number of imide groups is 1. The molecule has 0 aromatic carbocycles. The standard InChI is InChI=1S/C16H20N4O3/c17-6-16(20-13(21)10(18)3-7-1-2-7)5-8-4-9(16)12-11(8)14(22)19-15(12)23/h7-12H,1-5,18H2,(H,20,21)(H,19,22,23)/t8-,9-,10-,11-,12+,16+/m0/s1. The lowest BCUT2D eigenvalue weighted by Crippen LogP contribution is -2.58. The van der Waals surface area contributed by atoms with Gasteiger partial charge in [-0.2, -0.15) is 5.26 Å². The van der Waals surface area contributed by atoms with Crippen molar-refractivity contribution < 1.29 is 14.4 Å². The summed E-state index contributed by atoms with van der Waals surface area (Å²) >= 11 is 0. The van der Waals surface area contributed by atoms with Gasteiger partial charge in [-0.1, -0.05) is 12.8 Å². The second kappa shape index (κ2) is 4.78. The van der Waals surface area contributed by atoms with Crippen LogP contribution in [0.15, 0.2) is 0 Å². The first kappa shape index (κ1) is 14.6. The Bertz CT molecular complexity index is 638. The summed E-state index contributed by atoms with van der Waals surface area (Å²) in [4.78, 5) is 36.3. The fourth-order valence-corrected chi connectivity index (χ4v) is 4.89. The molecule has 0 aromatic heterocycles. The molecule has 0 radical (unpaired) electrons. The van der Waals surface area contributed by atoms with Gasteiger partial charge in [0, 0.05) is 5.92 Å². The molecular weight excluding hydrogens is 296 g/mol. The Morgan fingerprint density at radius 1 is 1.39 bits per heavy atom. The van der Waals surface area contributed by atoms with Crippen LogP contribution in [0.2, 0.25) is 0 Å². The Labute approximate surface area is 134 Å². The summed E-state index contributed by atoms with van der Waals surface area (Å²) in [6.07, 6.45) is 3.94. The van der Waals surface area contributed by atoms with Gasteiger partial charge in [0.2, 0.25) is 17.7 Å². The largest absolute Gasteiger partial charge is 0.336 e. The topological polar surface area (TPSA) is 125 Å². The van der Waals surface area contributed by atoms with Crippen LogP contribution in [0.1, 0.15) is 32.1 Å². The van der Waals surface area contributed by atoms with E-state index in [-0.39, 0.29) is 35.5 Å². The van der Waals surface area contributed by atoms with Gasteiger partial charge in [-0.05, 0) is 31.1 Å². The Hall–Kier alpha value is -1.94. The van der Waals surface area contributed by atoms with Crippen molar-refractivity contribution in [1.29, 1.82) is 5.26 Å². The molecule has 7 nitrogen and oxygen atoms in total. The lowest BCUT2D eigenvalue weighted by atomic mass is 9.71. The first-order chi connectivity index (χ1) is 10.9. The highest BCUT2D eigenvalue weighted by atomic mass is 16.2. The minimum Gasteiger partial charge on any atom is -0.336 e. The summed E-state index contributed by atoms with van der Waals surface area (Å²) in [5.74, 6) is -1.45. The number of nitriles is 1. The highest BCUT2D eigenvalue weighted by molar-refractivity contribution is 6.06. The summed E-state index contributed by atoms with van der Waals surface area (Å²) < 4.78 is 0. The van der Waals surface area contributed by atoms with E-state index in [0.29, 0.717) is 25.2 Å². The van der Waals surface area contributed by atoms with Crippen LogP contribution in [-0.4, -0.2) is 29.3 Å². The summed E-state index contributed by atoms with van der Waals surface area (Å²) in [6.45, 7) is 0. The van der Waals surface area contributed by atoms with Gasteiger partial charge in [0.05, 0.1) is 23.9 Å². The number of nitrogens with zero attached hydrogens (tertiary/aromatic N) is 1. The third-order valence-corrected chi connectivity index (χ3v) is 6.12. The minimum atomic E-state index is -1.06. The zero-order chi connectivity index (χ0) is 16.4. The molecule has 7 heteroatoms. The normalized spacial score (nSPS) is 42.1. The highest BCUT2D eigenvalue weighted by Crippen LogP contribution is 2.58. The van der Waals surface area contributed by atoms with Crippen molar-refractivity contribution in [2.45, 2.75) is 43.7 Å². The van der Waals surface area contributed by atoms with Gasteiger partial charge < -0.3 is 11.1 Å². The van der Waals surface area contributed by atoms with Gasteiger partial charge in [0.1, 0.15) is 5.54 Å². The van der Waals surface area contributed by atoms with Crippen molar-refractivity contribution in [3.63, 3.8) is 0 Å². The molecule has 23 heavy (non-hydrogen) atoms. The Kier molecular flexibility index (Phi) is 3.04. The van der Waals surface area contributed by atoms with Crippen molar-refractivity contribution in [2.24, 2.45) is 35.3 Å². The van der Waals surface area contributed by atoms with Crippen molar-refractivity contribution in [3.8, 4) is 6.07 Å². The van der Waals surface area contributed by atoms with Crippen molar-refractivity contribution >= 4 is 17.7 Å². The van der Waals surface area contributed by atoms with Gasteiger partial charge in [0.25, 0.3) is 0 Å². The third kappa shape index (κ3) is 2.08. The molecule has 3 aliphatic carbocycles. The highest BCUT2D eigenvalue weighted by Gasteiger charge is 2.67. The van der Waals surface area contributed by atoms with Crippen LogP contribution in [0.25, 0.3) is 0 Å². The molecule has 122 valence electrons. The van der Waals surface area contributed by atoms with E-state index in [2.05, 4.69) is 16.7 Å². The van der Waals surface area contributed by atoms with Crippen molar-refractivity contribution in [1.82, 2.24) is 10.6 Å². The molecule has 6 atom stereocenters. The van der Waals surface area contributed by atoms with Crippen molar-refractivity contribution in [3.05, 3.63) is 0 Å². The number of nitrogens with one attached hydrogen (secondary N) is 2. The Morgan fingerprint density at radius 2 is 2.09 bits per heavy atom. The maximum Gasteiger partial charge on any atom is 0.238 e. The predicted octanol–water partition coefficient (Wildman–Crippen LogP) is -0.579. The fourth-order valence-electron chi connectivity index (χ4n) is 4.89. The monoisotopic (exact) mass is 316 g/mol. The van der Waals surface area contributed by atoms with E-state index in [1.54, 1.807) is 0 Å². The van der Waals surface area contributed by atoms with E-state index >= 15 is 0 Å². The molecule has 1 heterocycles. The summed E-state index contributed by atoms with van der Waals surface area (Å²) in [5.41, 5.74) is 4.89. The third-order valence-electron chi connectivity index (χ3n) is 6.12. The smallest absolute Gasteiger partial charge is 0.238 e. The Morgan fingerprint density at radius 3 is 2.74 bits per heavy atom. The number of hydrogen-bond donors (Lipinski definition) is 3. The molecule has 3 amide bonds. The number of fused-ring (bicyclic) bond motifs is 5. The zero-order valence-corrected chi connectivity index (χ0v) is 12.7. The summed E-state index contributed by atoms with van der Waals surface area (Å²) in [7, 11) is 0. The average Bonchev–Trinajstić information content (AvgIpc) is 3.02. The molecule has 1 saturated heterocycles. The minimum absolute atomic E-state index is 0.0175. The number of hydrogen-bond acceptors (Lipinski definition) is 5. The fraction of sp³-hybridized carbons (Fsp3) is 0.750. The van der Waals surface area contributed by atoms with E-state index in [9.17, 15) is 19.6 Å². The van der Waals surface area contributed by atoms with Crippen LogP contribution in [0, 0.1) is 40.9 Å². The molecule has 3 saturated carbocycles. The van der Waals surface area contributed by atoms with E-state index < -0.39 is 17.5 Å². The Balaban J connectivity index is 1.53. The number of carbonyl (C=O) groups is 3. The number of amides is 3. The maximum absolute atomic E-state index is 12.4. The molecular formula is C16H20N4O3. The lowest BCUT2D eigenvalue weighted by Gasteiger charge is -2.37. The van der Waals surface area contributed by atoms with Crippen molar-refractivity contribution in [2.75, 3.05) is 0 Å². The first-order valence-electron chi connectivity index (χ1n) is 8.29. The number of rotatable bonds is 4. The number of carbonyl (C=O) groups excluding carboxylic acids is 3. The maximum atomic E-state index is 12.4. The van der Waals surface area contributed by atoms with E-state index in [4.69, 9.17) is 5.73 Å². The molecule has 4 rings (SSSR count). The van der Waals surface area contributed by atoms with Gasteiger partial charge >= 0.3 is 0 Å². The SMILES string of the molecule is N#C[C@]1(NC(=O)[C@@H](N)CC2CC2)C[C@@H]2C[C@H]1[C@H]1C(=O)NC(=O)[C@@H]21. The van der Waals surface area contributed by atoms with E-state index in [0.717, 1.165) is 12.8 Å². The molecule has 1 aliphatic heterocycles. The number of nitrogens with two attached hydrogens (primary N) is 1. The summed E-state index contributed by atoms with van der Waals surface area (Å²) in [6, 6.07) is 1.62. The lowest BCUT2D eigenvalue weighted by molar-refractivity contribution is -0.128. The first-order valence-corrected chi connectivity index (χ1v) is 8.29. The summed E-state index contributed by atoms with van der Waals surface area (Å²) in [5, 5.41) is 14.9. The molecule has 2 bridgehead atoms. The van der Waals surface area contributed by atoms with E-state index in [1.807, 2.05) is 0 Å². The molecule has 0 spiro atoms. The second-order valence-corrected chi connectivity index (χ2v) is 7.57. The van der Waals surface area contributed by atoms with Crippen LogP contribution >= 0.6 is 0 Å². The van der Waals surface area contributed by atoms with Gasteiger partial charge in [-0.15, -0.1) is 0 Å². The predicted molar refractivity (Wildman–Crippen MR) is 78.1 cm³/mol. The van der Waals surface area contributed by atoms with Gasteiger partial charge in [-0.25, -0.2) is 0 Å². The molecule has 4 aliphatic rings. The molecule has 4 fully saturated rings. The molecule has 4 N–H and O–H groups in total. The zero-order valence-electron chi connectivity index (χ0n) is 12.7. The van der Waals surface area contributed by atoms with Gasteiger partial charge in [0.15, 0.2) is 0 Å². The van der Waals surface area contributed by atoms with Crippen LogP contribution in [-0.2, 0) is 14.4 Å². The van der Waals surface area contributed by atoms with Gasteiger partial charge in [-0.3, -0.25) is 19.7 Å². The van der Waals surface area contributed by atoms with Crippen LogP contribution in [0.4, 0.5) is 0 Å². The molecule has 0 aromatic rings. The average molecular weight is 316 g/mol. The van der Waals surface area contributed by atoms with Crippen LogP contribution in [0.5, 0.6) is 0 Å². The van der Waals surface area contributed by atoms with Crippen LogP contribution in [0.3, 0.4) is 0 Å². The van der Waals surface area contributed by atoms with Crippen LogP contribution < -0.4 is 16.4 Å².